The lowest BCUT2D eigenvalue weighted by Crippen LogP contribution is -1.98. The summed E-state index contributed by atoms with van der Waals surface area (Å²) in [6, 6.07) is 29.0. The normalized spacial score (nSPS) is 11.2. The van der Waals surface area contributed by atoms with Gasteiger partial charge in [0.25, 0.3) is 0 Å². The molecule has 5 rings (SSSR count). The lowest BCUT2D eigenvalue weighted by Gasteiger charge is -2.08. The summed E-state index contributed by atoms with van der Waals surface area (Å²) in [5.41, 5.74) is 5.37. The fraction of sp³-hybridized carbons (Fsp3) is 0.0833. The van der Waals surface area contributed by atoms with E-state index in [-0.39, 0.29) is 0 Å². The quantitative estimate of drug-likeness (QED) is 0.357. The summed E-state index contributed by atoms with van der Waals surface area (Å²) in [5.74, 6) is 1.78. The Morgan fingerprint density at radius 2 is 1.48 bits per heavy atom. The predicted octanol–water partition coefficient (Wildman–Crippen LogP) is 5.72. The van der Waals surface area contributed by atoms with E-state index in [0.29, 0.717) is 0 Å². The van der Waals surface area contributed by atoms with Gasteiger partial charge in [0, 0.05) is 24.5 Å². The number of fused-ring (bicyclic) bond motifs is 1. The summed E-state index contributed by atoms with van der Waals surface area (Å²) in [4.78, 5) is 9.74. The molecule has 0 spiro atoms. The number of rotatable bonds is 5. The van der Waals surface area contributed by atoms with Crippen LogP contribution in [0.2, 0.25) is 0 Å². The van der Waals surface area contributed by atoms with Crippen molar-refractivity contribution in [2.45, 2.75) is 10.9 Å². The first-order valence-corrected chi connectivity index (χ1v) is 10.5. The molecule has 0 unspecified atom stereocenters. The third-order valence-corrected chi connectivity index (χ3v) is 5.85. The fourth-order valence-electron chi connectivity index (χ4n) is 3.44. The van der Waals surface area contributed by atoms with E-state index in [0.717, 1.165) is 44.7 Å². The molecule has 4 nitrogen and oxygen atoms in total. The van der Waals surface area contributed by atoms with Crippen molar-refractivity contribution in [1.82, 2.24) is 19.1 Å². The maximum atomic E-state index is 4.89. The first kappa shape index (κ1) is 17.8. The van der Waals surface area contributed by atoms with Crippen molar-refractivity contribution < 1.29 is 0 Å². The molecule has 29 heavy (non-hydrogen) atoms. The monoisotopic (exact) mass is 396 g/mol. The van der Waals surface area contributed by atoms with E-state index in [1.165, 1.54) is 0 Å². The zero-order valence-electron chi connectivity index (χ0n) is 16.1. The third-order valence-electron chi connectivity index (χ3n) is 4.92. The minimum absolute atomic E-state index is 0.749. The number of benzene rings is 3. The molecule has 0 saturated heterocycles. The van der Waals surface area contributed by atoms with Crippen LogP contribution in [0, 0.1) is 0 Å². The molecule has 0 fully saturated rings. The molecular weight excluding hydrogens is 376 g/mol. The summed E-state index contributed by atoms with van der Waals surface area (Å²) in [6.07, 6.45) is 2.09. The first-order chi connectivity index (χ1) is 14.3. The number of hydrogen-bond donors (Lipinski definition) is 0. The largest absolute Gasteiger partial charge is 0.337 e. The second-order valence-corrected chi connectivity index (χ2v) is 7.80. The Bertz CT molecular complexity index is 1260. The van der Waals surface area contributed by atoms with Crippen LogP contribution in [-0.4, -0.2) is 19.1 Å². The average molecular weight is 397 g/mol. The van der Waals surface area contributed by atoms with Gasteiger partial charge in [0.2, 0.25) is 0 Å². The summed E-state index contributed by atoms with van der Waals surface area (Å²) < 4.78 is 4.33. The van der Waals surface area contributed by atoms with Gasteiger partial charge in [-0.25, -0.2) is 9.97 Å². The average Bonchev–Trinajstić information content (AvgIpc) is 3.33. The Balaban J connectivity index is 1.48. The first-order valence-electron chi connectivity index (χ1n) is 9.53. The molecule has 0 aliphatic heterocycles. The zero-order chi connectivity index (χ0) is 19.6. The highest BCUT2D eigenvalue weighted by atomic mass is 32.2. The molecule has 0 radical (unpaired) electrons. The number of aryl methyl sites for hydroxylation is 1. The van der Waals surface area contributed by atoms with Gasteiger partial charge in [-0.1, -0.05) is 72.4 Å². The molecule has 3 aromatic carbocycles. The van der Waals surface area contributed by atoms with Crippen molar-refractivity contribution in [3.8, 4) is 16.9 Å². The summed E-state index contributed by atoms with van der Waals surface area (Å²) in [6.45, 7) is 0. The minimum Gasteiger partial charge on any atom is -0.337 e. The molecule has 2 heterocycles. The van der Waals surface area contributed by atoms with E-state index in [4.69, 9.17) is 9.97 Å². The van der Waals surface area contributed by atoms with Gasteiger partial charge in [0.15, 0.2) is 5.16 Å². The summed E-state index contributed by atoms with van der Waals surface area (Å²) >= 11 is 1.71. The molecule has 0 amide bonds. The van der Waals surface area contributed by atoms with Crippen molar-refractivity contribution in [1.29, 1.82) is 0 Å². The molecule has 142 valence electrons. The Morgan fingerprint density at radius 3 is 2.28 bits per heavy atom. The van der Waals surface area contributed by atoms with Gasteiger partial charge in [-0.2, -0.15) is 0 Å². The van der Waals surface area contributed by atoms with Crippen LogP contribution in [0.4, 0.5) is 0 Å². The van der Waals surface area contributed by atoms with Gasteiger partial charge < -0.3 is 4.57 Å². The molecule has 0 N–H and O–H groups in total. The van der Waals surface area contributed by atoms with Crippen LogP contribution in [0.15, 0.2) is 96.3 Å². The van der Waals surface area contributed by atoms with Crippen LogP contribution in [0.1, 0.15) is 5.82 Å². The lowest BCUT2D eigenvalue weighted by atomic mass is 10.2. The second-order valence-electron chi connectivity index (χ2n) is 6.86. The smallest absolute Gasteiger partial charge is 0.174 e. The highest BCUT2D eigenvalue weighted by molar-refractivity contribution is 7.98. The predicted molar refractivity (Wildman–Crippen MR) is 119 cm³/mol. The molecule has 0 atom stereocenters. The van der Waals surface area contributed by atoms with Crippen molar-refractivity contribution in [3.05, 3.63) is 97.0 Å². The Hall–Kier alpha value is -3.31. The van der Waals surface area contributed by atoms with E-state index in [9.17, 15) is 0 Å². The molecule has 5 heteroatoms. The van der Waals surface area contributed by atoms with Crippen LogP contribution >= 0.6 is 11.8 Å². The van der Waals surface area contributed by atoms with Crippen molar-refractivity contribution >= 4 is 22.8 Å². The van der Waals surface area contributed by atoms with Crippen molar-refractivity contribution in [2.24, 2.45) is 7.05 Å². The molecule has 0 aliphatic carbocycles. The van der Waals surface area contributed by atoms with Crippen LogP contribution in [0.25, 0.3) is 28.0 Å². The van der Waals surface area contributed by atoms with E-state index in [2.05, 4.69) is 77.0 Å². The molecule has 2 aromatic heterocycles. The second kappa shape index (κ2) is 7.60. The topological polar surface area (TPSA) is 35.6 Å². The highest BCUT2D eigenvalue weighted by Crippen LogP contribution is 2.30. The van der Waals surface area contributed by atoms with Crippen molar-refractivity contribution in [3.63, 3.8) is 0 Å². The molecule has 0 aliphatic rings. The summed E-state index contributed by atoms with van der Waals surface area (Å²) in [5, 5.41) is 0.974. The SMILES string of the molecule is Cn1cc(-c2ccccc2)nc1CSc1nc2ccccc2n1-c1ccccc1. The third kappa shape index (κ3) is 3.45. The minimum atomic E-state index is 0.749. The van der Waals surface area contributed by atoms with Crippen molar-refractivity contribution in [2.75, 3.05) is 0 Å². The number of hydrogen-bond acceptors (Lipinski definition) is 3. The van der Waals surface area contributed by atoms with E-state index < -0.39 is 0 Å². The van der Waals surface area contributed by atoms with E-state index in [1.54, 1.807) is 11.8 Å². The maximum Gasteiger partial charge on any atom is 0.174 e. The number of imidazole rings is 2. The number of aromatic nitrogens is 4. The van der Waals surface area contributed by atoms with Gasteiger partial charge in [0.1, 0.15) is 5.82 Å². The molecule has 5 aromatic rings. The van der Waals surface area contributed by atoms with Gasteiger partial charge in [0.05, 0.1) is 22.5 Å². The number of nitrogens with zero attached hydrogens (tertiary/aromatic N) is 4. The molecule has 0 saturated carbocycles. The zero-order valence-corrected chi connectivity index (χ0v) is 16.9. The Labute approximate surface area is 173 Å². The lowest BCUT2D eigenvalue weighted by molar-refractivity contribution is 0.845. The van der Waals surface area contributed by atoms with Gasteiger partial charge in [-0.05, 0) is 24.3 Å². The van der Waals surface area contributed by atoms with Gasteiger partial charge >= 0.3 is 0 Å². The van der Waals surface area contributed by atoms with E-state index >= 15 is 0 Å². The van der Waals surface area contributed by atoms with Gasteiger partial charge in [-0.15, -0.1) is 0 Å². The Kier molecular flexibility index (Phi) is 4.66. The standard InChI is InChI=1S/C24H20N4S/c1-27-16-21(18-10-4-2-5-11-18)25-23(27)17-29-24-26-20-14-8-9-15-22(20)28(24)19-12-6-3-7-13-19/h2-16H,17H2,1H3. The fourth-order valence-corrected chi connectivity index (χ4v) is 4.47. The molecule has 0 bridgehead atoms. The summed E-state index contributed by atoms with van der Waals surface area (Å²) in [7, 11) is 2.05. The van der Waals surface area contributed by atoms with Crippen LogP contribution in [0.5, 0.6) is 0 Å². The molecular formula is C24H20N4S. The van der Waals surface area contributed by atoms with Crippen LogP contribution in [0.3, 0.4) is 0 Å². The highest BCUT2D eigenvalue weighted by Gasteiger charge is 2.14. The Morgan fingerprint density at radius 1 is 0.793 bits per heavy atom. The number of para-hydroxylation sites is 3. The maximum absolute atomic E-state index is 4.89. The number of thioether (sulfide) groups is 1. The van der Waals surface area contributed by atoms with Gasteiger partial charge in [-0.3, -0.25) is 4.57 Å². The van der Waals surface area contributed by atoms with Crippen LogP contribution < -0.4 is 0 Å². The van der Waals surface area contributed by atoms with Crippen LogP contribution in [-0.2, 0) is 12.8 Å². The van der Waals surface area contributed by atoms with E-state index in [1.807, 2.05) is 30.3 Å².